The van der Waals surface area contributed by atoms with Crippen molar-refractivity contribution in [1.82, 2.24) is 15.0 Å². The van der Waals surface area contributed by atoms with E-state index in [9.17, 15) is 9.59 Å². The van der Waals surface area contributed by atoms with Gasteiger partial charge in [0, 0.05) is 25.0 Å². The Labute approximate surface area is 96.0 Å². The summed E-state index contributed by atoms with van der Waals surface area (Å²) in [4.78, 5) is 32.3. The zero-order valence-corrected chi connectivity index (χ0v) is 8.75. The second-order valence-corrected chi connectivity index (χ2v) is 3.42. The van der Waals surface area contributed by atoms with Crippen molar-refractivity contribution < 1.29 is 9.90 Å². The first-order valence-electron chi connectivity index (χ1n) is 4.87. The monoisotopic (exact) mass is 231 g/mol. The normalized spacial score (nSPS) is 10.1. The molecule has 0 saturated heterocycles. The molecule has 0 aliphatic heterocycles. The van der Waals surface area contributed by atoms with Gasteiger partial charge in [0.1, 0.15) is 11.4 Å². The van der Waals surface area contributed by atoms with Crippen LogP contribution in [0.3, 0.4) is 0 Å². The van der Waals surface area contributed by atoms with Gasteiger partial charge in [0.05, 0.1) is 0 Å². The van der Waals surface area contributed by atoms with Gasteiger partial charge in [-0.15, -0.1) is 0 Å². The van der Waals surface area contributed by atoms with Crippen LogP contribution in [0.5, 0.6) is 0 Å². The minimum Gasteiger partial charge on any atom is -0.477 e. The van der Waals surface area contributed by atoms with E-state index >= 15 is 0 Å². The van der Waals surface area contributed by atoms with Crippen LogP contribution in [-0.4, -0.2) is 26.0 Å². The van der Waals surface area contributed by atoms with E-state index in [0.29, 0.717) is 12.2 Å². The Kier molecular flexibility index (Phi) is 2.95. The van der Waals surface area contributed by atoms with Crippen LogP contribution < -0.4 is 5.56 Å². The number of carboxylic acids is 1. The van der Waals surface area contributed by atoms with E-state index in [1.807, 2.05) is 6.07 Å². The maximum atomic E-state index is 11.4. The molecule has 6 nitrogen and oxygen atoms in total. The summed E-state index contributed by atoms with van der Waals surface area (Å²) in [6, 6.07) is 3.62. The summed E-state index contributed by atoms with van der Waals surface area (Å²) in [6.07, 6.45) is 4.77. The number of hydrogen-bond donors (Lipinski definition) is 2. The van der Waals surface area contributed by atoms with Gasteiger partial charge in [-0.2, -0.15) is 0 Å². The highest BCUT2D eigenvalue weighted by Crippen LogP contribution is 2.02. The number of hydrogen-bond acceptors (Lipinski definition) is 4. The van der Waals surface area contributed by atoms with Gasteiger partial charge in [-0.1, -0.05) is 6.07 Å². The van der Waals surface area contributed by atoms with E-state index in [1.54, 1.807) is 18.5 Å². The number of carbonyl (C=O) groups is 1. The molecule has 0 saturated carbocycles. The van der Waals surface area contributed by atoms with Gasteiger partial charge in [-0.05, 0) is 11.6 Å². The lowest BCUT2D eigenvalue weighted by Crippen LogP contribution is -2.20. The Morgan fingerprint density at radius 1 is 1.41 bits per heavy atom. The number of nitrogens with zero attached hydrogens (tertiary/aromatic N) is 2. The molecule has 0 unspecified atom stereocenters. The first-order chi connectivity index (χ1) is 8.16. The summed E-state index contributed by atoms with van der Waals surface area (Å²) >= 11 is 0. The molecule has 0 fully saturated rings. The van der Waals surface area contributed by atoms with Crippen LogP contribution in [0.1, 0.15) is 21.7 Å². The van der Waals surface area contributed by atoms with Crippen molar-refractivity contribution in [1.29, 1.82) is 0 Å². The molecular weight excluding hydrogens is 222 g/mol. The second kappa shape index (κ2) is 4.56. The van der Waals surface area contributed by atoms with E-state index in [1.165, 1.54) is 0 Å². The molecule has 86 valence electrons. The first kappa shape index (κ1) is 11.0. The molecule has 0 atom stereocenters. The molecule has 2 heterocycles. The minimum absolute atomic E-state index is 0.361. The van der Waals surface area contributed by atoms with Crippen LogP contribution in [0.4, 0.5) is 0 Å². The zero-order chi connectivity index (χ0) is 12.3. The predicted molar refractivity (Wildman–Crippen MR) is 58.9 cm³/mol. The molecular formula is C11H9N3O3. The number of pyridine rings is 1. The van der Waals surface area contributed by atoms with Crippen LogP contribution >= 0.6 is 0 Å². The molecule has 0 aliphatic carbocycles. The van der Waals surface area contributed by atoms with Gasteiger partial charge in [0.25, 0.3) is 5.56 Å². The van der Waals surface area contributed by atoms with E-state index in [-0.39, 0.29) is 5.56 Å². The maximum absolute atomic E-state index is 11.4. The molecule has 0 aliphatic rings. The fraction of sp³-hybridized carbons (Fsp3) is 0.0909. The largest absolute Gasteiger partial charge is 0.477 e. The number of nitrogens with one attached hydrogen (secondary N) is 1. The number of carboxylic acid groups (broad SMARTS) is 1. The zero-order valence-electron chi connectivity index (χ0n) is 8.75. The highest BCUT2D eigenvalue weighted by molar-refractivity contribution is 5.86. The van der Waals surface area contributed by atoms with E-state index in [0.717, 1.165) is 11.8 Å². The fourth-order valence-corrected chi connectivity index (χ4v) is 1.37. The molecule has 6 heteroatoms. The predicted octanol–water partition coefficient (Wildman–Crippen LogP) is 0.454. The molecule has 0 spiro atoms. The standard InChI is InChI=1S/C11H9N3O3/c15-10-8(11(16)17)6-13-9(14-10)4-7-2-1-3-12-5-7/h1-3,5-6H,4H2,(H,16,17)(H,13,14,15). The van der Waals surface area contributed by atoms with Crippen molar-refractivity contribution >= 4 is 5.97 Å². The minimum atomic E-state index is -1.29. The van der Waals surface area contributed by atoms with Crippen molar-refractivity contribution in [2.75, 3.05) is 0 Å². The molecule has 2 N–H and O–H groups in total. The van der Waals surface area contributed by atoms with Gasteiger partial charge in [-0.25, -0.2) is 9.78 Å². The van der Waals surface area contributed by atoms with Crippen molar-refractivity contribution in [3.63, 3.8) is 0 Å². The molecule has 2 rings (SSSR count). The third-order valence-electron chi connectivity index (χ3n) is 2.18. The lowest BCUT2D eigenvalue weighted by molar-refractivity contribution is 0.0694. The highest BCUT2D eigenvalue weighted by atomic mass is 16.4. The average Bonchev–Trinajstić information content (AvgIpc) is 2.30. The molecule has 0 aromatic carbocycles. The summed E-state index contributed by atoms with van der Waals surface area (Å²) in [6.45, 7) is 0. The quantitative estimate of drug-likeness (QED) is 0.799. The fourth-order valence-electron chi connectivity index (χ4n) is 1.37. The van der Waals surface area contributed by atoms with Crippen LogP contribution in [0.25, 0.3) is 0 Å². The third kappa shape index (κ3) is 2.54. The highest BCUT2D eigenvalue weighted by Gasteiger charge is 2.09. The molecule has 17 heavy (non-hydrogen) atoms. The van der Waals surface area contributed by atoms with Gasteiger partial charge in [0.15, 0.2) is 0 Å². The summed E-state index contributed by atoms with van der Waals surface area (Å²) in [5.74, 6) is -0.875. The van der Waals surface area contributed by atoms with Crippen molar-refractivity contribution in [3.8, 4) is 0 Å². The number of aromatic amines is 1. The first-order valence-corrected chi connectivity index (χ1v) is 4.87. The molecule has 0 bridgehead atoms. The van der Waals surface area contributed by atoms with Crippen LogP contribution in [0.2, 0.25) is 0 Å². The van der Waals surface area contributed by atoms with Crippen LogP contribution in [-0.2, 0) is 6.42 Å². The topological polar surface area (TPSA) is 95.9 Å². The Hall–Kier alpha value is -2.50. The Balaban J connectivity index is 2.27. The van der Waals surface area contributed by atoms with E-state index < -0.39 is 11.5 Å². The Morgan fingerprint density at radius 3 is 2.82 bits per heavy atom. The summed E-state index contributed by atoms with van der Waals surface area (Å²) < 4.78 is 0. The third-order valence-corrected chi connectivity index (χ3v) is 2.18. The van der Waals surface area contributed by atoms with E-state index in [2.05, 4.69) is 15.0 Å². The second-order valence-electron chi connectivity index (χ2n) is 3.42. The number of aromatic nitrogens is 3. The summed E-state index contributed by atoms with van der Waals surface area (Å²) in [7, 11) is 0. The number of rotatable bonds is 3. The van der Waals surface area contributed by atoms with Gasteiger partial charge in [-0.3, -0.25) is 9.78 Å². The van der Waals surface area contributed by atoms with Crippen LogP contribution in [0.15, 0.2) is 35.5 Å². The lowest BCUT2D eigenvalue weighted by Gasteiger charge is -2.00. The van der Waals surface area contributed by atoms with Crippen molar-refractivity contribution in [2.24, 2.45) is 0 Å². The van der Waals surface area contributed by atoms with Crippen LogP contribution in [0, 0.1) is 0 Å². The number of aromatic carboxylic acids is 1. The summed E-state index contributed by atoms with van der Waals surface area (Å²) in [5, 5.41) is 8.68. The SMILES string of the molecule is O=C(O)c1cnc(Cc2cccnc2)[nH]c1=O. The smallest absolute Gasteiger partial charge is 0.342 e. The molecule has 0 amide bonds. The van der Waals surface area contributed by atoms with Gasteiger partial charge < -0.3 is 10.1 Å². The maximum Gasteiger partial charge on any atom is 0.342 e. The van der Waals surface area contributed by atoms with Gasteiger partial charge >= 0.3 is 5.97 Å². The van der Waals surface area contributed by atoms with Crippen molar-refractivity contribution in [2.45, 2.75) is 6.42 Å². The van der Waals surface area contributed by atoms with E-state index in [4.69, 9.17) is 5.11 Å². The molecule has 0 radical (unpaired) electrons. The average molecular weight is 231 g/mol. The summed E-state index contributed by atoms with van der Waals surface area (Å²) in [5.41, 5.74) is -0.120. The molecule has 2 aromatic heterocycles. The lowest BCUT2D eigenvalue weighted by atomic mass is 10.2. The molecule has 2 aromatic rings. The Morgan fingerprint density at radius 2 is 2.24 bits per heavy atom. The van der Waals surface area contributed by atoms with Gasteiger partial charge in [0.2, 0.25) is 0 Å². The Bertz CT molecular complexity index is 592. The number of H-pyrrole nitrogens is 1. The van der Waals surface area contributed by atoms with Crippen molar-refractivity contribution in [3.05, 3.63) is 58.0 Å².